The summed E-state index contributed by atoms with van der Waals surface area (Å²) in [6, 6.07) is 14.4. The Morgan fingerprint density at radius 1 is 1.20 bits per heavy atom. The molecule has 1 atom stereocenters. The Balaban J connectivity index is 0.00000225. The number of morpholine rings is 1. The fraction of sp³-hybridized carbons (Fsp3) is 0.316. The van der Waals surface area contributed by atoms with E-state index in [9.17, 15) is 4.79 Å². The van der Waals surface area contributed by atoms with E-state index in [1.54, 1.807) is 11.8 Å². The topological polar surface area (TPSA) is 50.4 Å². The molecule has 6 heteroatoms. The van der Waals surface area contributed by atoms with Crippen molar-refractivity contribution in [2.24, 2.45) is 0 Å². The minimum atomic E-state index is -0.414. The highest BCUT2D eigenvalue weighted by Gasteiger charge is 2.21. The van der Waals surface area contributed by atoms with Crippen LogP contribution < -0.4 is 10.6 Å². The van der Waals surface area contributed by atoms with Gasteiger partial charge in [-0.25, -0.2) is 0 Å². The Morgan fingerprint density at radius 2 is 1.96 bits per heavy atom. The number of halogens is 1. The van der Waals surface area contributed by atoms with Crippen LogP contribution in [0.1, 0.15) is 11.1 Å². The Labute approximate surface area is 159 Å². The van der Waals surface area contributed by atoms with Gasteiger partial charge in [-0.05, 0) is 55.3 Å². The molecule has 1 heterocycles. The molecule has 0 aliphatic carbocycles. The number of rotatable bonds is 4. The van der Waals surface area contributed by atoms with Gasteiger partial charge in [-0.1, -0.05) is 23.9 Å². The molecule has 1 fully saturated rings. The average molecular weight is 379 g/mol. The van der Waals surface area contributed by atoms with Gasteiger partial charge in [0.25, 0.3) is 5.91 Å². The molecule has 134 valence electrons. The van der Waals surface area contributed by atoms with Gasteiger partial charge in [-0.3, -0.25) is 4.79 Å². The summed E-state index contributed by atoms with van der Waals surface area (Å²) in [5, 5.41) is 6.07. The molecule has 0 spiro atoms. The highest BCUT2D eigenvalue weighted by atomic mass is 35.5. The standard InChI is InChI=1S/C19H22N2O2S.ClH/c1-13-3-4-14(2)18(11-13)24-16-7-5-15(6-8-16)21-19(22)17-12-20-9-10-23-17;/h3-8,11,17,20H,9-10,12H2,1-2H3,(H,21,22);1H/t17-;/m1./s1. The smallest absolute Gasteiger partial charge is 0.254 e. The van der Waals surface area contributed by atoms with E-state index in [0.717, 1.165) is 17.1 Å². The maximum absolute atomic E-state index is 12.1. The number of carbonyl (C=O) groups excluding carboxylic acids is 1. The SMILES string of the molecule is Cc1ccc(C)c(Sc2ccc(NC(=O)[C@H]3CNCCO3)cc2)c1.Cl. The highest BCUT2D eigenvalue weighted by Crippen LogP contribution is 2.31. The molecule has 2 aromatic rings. The van der Waals surface area contributed by atoms with Gasteiger partial charge < -0.3 is 15.4 Å². The van der Waals surface area contributed by atoms with E-state index in [4.69, 9.17) is 4.74 Å². The van der Waals surface area contributed by atoms with Crippen LogP contribution >= 0.6 is 24.2 Å². The van der Waals surface area contributed by atoms with Crippen molar-refractivity contribution in [2.75, 3.05) is 25.0 Å². The van der Waals surface area contributed by atoms with Gasteiger partial charge >= 0.3 is 0 Å². The van der Waals surface area contributed by atoms with Gasteiger partial charge in [0.2, 0.25) is 0 Å². The molecule has 1 amide bonds. The molecule has 0 unspecified atom stereocenters. The third-order valence-electron chi connectivity index (χ3n) is 3.91. The molecule has 2 aromatic carbocycles. The van der Waals surface area contributed by atoms with Gasteiger partial charge in [0.05, 0.1) is 6.61 Å². The minimum absolute atomic E-state index is 0. The third-order valence-corrected chi connectivity index (χ3v) is 5.08. The molecule has 25 heavy (non-hydrogen) atoms. The number of ether oxygens (including phenoxy) is 1. The molecule has 2 N–H and O–H groups in total. The first kappa shape index (κ1) is 19.8. The number of hydrogen-bond donors (Lipinski definition) is 2. The monoisotopic (exact) mass is 378 g/mol. The Hall–Kier alpha value is -1.53. The van der Waals surface area contributed by atoms with E-state index in [2.05, 4.69) is 42.7 Å². The molecule has 3 rings (SSSR count). The van der Waals surface area contributed by atoms with Crippen molar-refractivity contribution >= 4 is 35.8 Å². The fourth-order valence-corrected chi connectivity index (χ4v) is 3.51. The van der Waals surface area contributed by atoms with Crippen molar-refractivity contribution in [1.82, 2.24) is 5.32 Å². The van der Waals surface area contributed by atoms with Crippen LogP contribution in [-0.4, -0.2) is 31.7 Å². The number of anilines is 1. The van der Waals surface area contributed by atoms with Crippen molar-refractivity contribution in [2.45, 2.75) is 29.7 Å². The largest absolute Gasteiger partial charge is 0.366 e. The lowest BCUT2D eigenvalue weighted by Crippen LogP contribution is -2.45. The number of amides is 1. The first-order chi connectivity index (χ1) is 11.6. The van der Waals surface area contributed by atoms with Crippen molar-refractivity contribution in [1.29, 1.82) is 0 Å². The summed E-state index contributed by atoms with van der Waals surface area (Å²) in [6.45, 7) is 6.16. The van der Waals surface area contributed by atoms with Crippen molar-refractivity contribution < 1.29 is 9.53 Å². The summed E-state index contributed by atoms with van der Waals surface area (Å²) in [5.41, 5.74) is 3.32. The van der Waals surface area contributed by atoms with Crippen LogP contribution in [0.5, 0.6) is 0 Å². The molecule has 0 bridgehead atoms. The van der Waals surface area contributed by atoms with E-state index in [1.165, 1.54) is 16.0 Å². The zero-order valence-corrected chi connectivity index (χ0v) is 16.0. The highest BCUT2D eigenvalue weighted by molar-refractivity contribution is 7.99. The quantitative estimate of drug-likeness (QED) is 0.849. The Kier molecular flexibility index (Phi) is 7.32. The van der Waals surface area contributed by atoms with Crippen LogP contribution in [0.25, 0.3) is 0 Å². The van der Waals surface area contributed by atoms with Crippen molar-refractivity contribution in [3.8, 4) is 0 Å². The average Bonchev–Trinajstić information content (AvgIpc) is 2.60. The van der Waals surface area contributed by atoms with Crippen LogP contribution in [0.15, 0.2) is 52.3 Å². The van der Waals surface area contributed by atoms with Crippen LogP contribution in [0, 0.1) is 13.8 Å². The number of aryl methyl sites for hydroxylation is 2. The Bertz CT molecular complexity index is 716. The van der Waals surface area contributed by atoms with E-state index >= 15 is 0 Å². The second kappa shape index (κ2) is 9.25. The summed E-state index contributed by atoms with van der Waals surface area (Å²) < 4.78 is 5.46. The normalized spacial score (nSPS) is 16.8. The third kappa shape index (κ3) is 5.47. The van der Waals surface area contributed by atoms with Crippen molar-refractivity contribution in [3.63, 3.8) is 0 Å². The maximum atomic E-state index is 12.1. The van der Waals surface area contributed by atoms with E-state index in [-0.39, 0.29) is 18.3 Å². The number of hydrogen-bond acceptors (Lipinski definition) is 4. The van der Waals surface area contributed by atoms with Gasteiger partial charge in [0.1, 0.15) is 6.10 Å². The molecule has 4 nitrogen and oxygen atoms in total. The van der Waals surface area contributed by atoms with E-state index in [0.29, 0.717) is 13.2 Å². The van der Waals surface area contributed by atoms with E-state index in [1.807, 2.05) is 24.3 Å². The van der Waals surface area contributed by atoms with Gasteiger partial charge in [0.15, 0.2) is 0 Å². The maximum Gasteiger partial charge on any atom is 0.254 e. The zero-order valence-electron chi connectivity index (χ0n) is 14.4. The minimum Gasteiger partial charge on any atom is -0.366 e. The second-order valence-corrected chi connectivity index (χ2v) is 7.06. The van der Waals surface area contributed by atoms with Crippen molar-refractivity contribution in [3.05, 3.63) is 53.6 Å². The molecule has 0 aromatic heterocycles. The van der Waals surface area contributed by atoms with Gasteiger partial charge in [-0.2, -0.15) is 0 Å². The molecule has 0 saturated carbocycles. The molecule has 1 saturated heterocycles. The van der Waals surface area contributed by atoms with Crippen LogP contribution in [0.3, 0.4) is 0 Å². The summed E-state index contributed by atoms with van der Waals surface area (Å²) in [7, 11) is 0. The summed E-state index contributed by atoms with van der Waals surface area (Å²) >= 11 is 1.74. The van der Waals surface area contributed by atoms with Crippen LogP contribution in [-0.2, 0) is 9.53 Å². The molecule has 1 aliphatic rings. The molecular weight excluding hydrogens is 356 g/mol. The molecular formula is C19H23ClN2O2S. The van der Waals surface area contributed by atoms with Gasteiger partial charge in [-0.15, -0.1) is 12.4 Å². The lowest BCUT2D eigenvalue weighted by Gasteiger charge is -2.22. The summed E-state index contributed by atoms with van der Waals surface area (Å²) in [6.07, 6.45) is -0.414. The first-order valence-corrected chi connectivity index (χ1v) is 8.92. The lowest BCUT2D eigenvalue weighted by atomic mass is 10.2. The summed E-state index contributed by atoms with van der Waals surface area (Å²) in [5.74, 6) is -0.0999. The molecule has 1 aliphatic heterocycles. The van der Waals surface area contributed by atoms with Gasteiger partial charge in [0, 0.05) is 28.6 Å². The van der Waals surface area contributed by atoms with Crippen LogP contribution in [0.2, 0.25) is 0 Å². The number of nitrogens with one attached hydrogen (secondary N) is 2. The predicted octanol–water partition coefficient (Wildman–Crippen LogP) is 3.80. The Morgan fingerprint density at radius 3 is 2.64 bits per heavy atom. The first-order valence-electron chi connectivity index (χ1n) is 8.10. The number of carbonyl (C=O) groups is 1. The zero-order chi connectivity index (χ0) is 16.9. The predicted molar refractivity (Wildman–Crippen MR) is 105 cm³/mol. The number of benzene rings is 2. The van der Waals surface area contributed by atoms with E-state index < -0.39 is 6.10 Å². The van der Waals surface area contributed by atoms with Crippen LogP contribution in [0.4, 0.5) is 5.69 Å². The summed E-state index contributed by atoms with van der Waals surface area (Å²) in [4.78, 5) is 14.6. The lowest BCUT2D eigenvalue weighted by molar-refractivity contribution is -0.128. The fourth-order valence-electron chi connectivity index (χ4n) is 2.51. The molecule has 0 radical (unpaired) electrons. The second-order valence-electron chi connectivity index (χ2n) is 5.95.